The molecule has 20 heavy (non-hydrogen) atoms. The molecule has 0 aromatic carbocycles. The molecule has 2 heterocycles. The van der Waals surface area contributed by atoms with E-state index in [0.29, 0.717) is 6.42 Å². The molecule has 0 aliphatic carbocycles. The van der Waals surface area contributed by atoms with Gasteiger partial charge in [0.05, 0.1) is 35.1 Å². The van der Waals surface area contributed by atoms with Gasteiger partial charge in [-0.1, -0.05) is 0 Å². The van der Waals surface area contributed by atoms with E-state index in [4.69, 9.17) is 4.74 Å². The second kappa shape index (κ2) is 7.54. The molecule has 0 saturated carbocycles. The van der Waals surface area contributed by atoms with Crippen LogP contribution < -0.4 is 0 Å². The van der Waals surface area contributed by atoms with E-state index < -0.39 is 6.10 Å². The molecule has 0 amide bonds. The van der Waals surface area contributed by atoms with E-state index in [2.05, 4.69) is 25.9 Å². The van der Waals surface area contributed by atoms with Crippen LogP contribution >= 0.6 is 15.9 Å². The van der Waals surface area contributed by atoms with Crippen molar-refractivity contribution in [2.75, 3.05) is 27.2 Å². The van der Waals surface area contributed by atoms with Crippen LogP contribution in [0.2, 0.25) is 0 Å². The molecule has 114 valence electrons. The Kier molecular flexibility index (Phi) is 6.01. The summed E-state index contributed by atoms with van der Waals surface area (Å²) in [5.74, 6) is 0. The second-order valence-corrected chi connectivity index (χ2v) is 6.50. The standard InChI is InChI=1S/C14H24BrN3O2/c1-17(2)6-7-18-14(12(15)10-16-18)13(19)9-11-5-3-4-8-20-11/h10-11,13,19H,3-9H2,1-2H3. The van der Waals surface area contributed by atoms with Crippen LogP contribution in [-0.4, -0.2) is 53.1 Å². The van der Waals surface area contributed by atoms with E-state index in [1.165, 1.54) is 6.42 Å². The van der Waals surface area contributed by atoms with Gasteiger partial charge in [0.1, 0.15) is 0 Å². The lowest BCUT2D eigenvalue weighted by molar-refractivity contribution is -0.0172. The van der Waals surface area contributed by atoms with Gasteiger partial charge in [-0.25, -0.2) is 0 Å². The first-order valence-corrected chi connectivity index (χ1v) is 8.03. The average molecular weight is 346 g/mol. The van der Waals surface area contributed by atoms with Crippen LogP contribution in [0.5, 0.6) is 0 Å². The highest BCUT2D eigenvalue weighted by molar-refractivity contribution is 9.10. The molecule has 1 aromatic heterocycles. The highest BCUT2D eigenvalue weighted by Crippen LogP contribution is 2.29. The topological polar surface area (TPSA) is 50.5 Å². The van der Waals surface area contributed by atoms with Gasteiger partial charge in [-0.3, -0.25) is 4.68 Å². The number of nitrogens with zero attached hydrogens (tertiary/aromatic N) is 3. The van der Waals surface area contributed by atoms with Crippen molar-refractivity contribution in [2.45, 2.75) is 44.4 Å². The minimum absolute atomic E-state index is 0.169. The van der Waals surface area contributed by atoms with E-state index in [1.54, 1.807) is 6.20 Å². The minimum atomic E-state index is -0.530. The Hall–Kier alpha value is -0.430. The molecule has 1 aliphatic heterocycles. The molecular formula is C14H24BrN3O2. The third-order valence-corrected chi connectivity index (χ3v) is 4.28. The molecule has 2 rings (SSSR count). The number of ether oxygens (including phenoxy) is 1. The molecule has 0 radical (unpaired) electrons. The Morgan fingerprint density at radius 2 is 2.35 bits per heavy atom. The van der Waals surface area contributed by atoms with Crippen LogP contribution in [0.4, 0.5) is 0 Å². The molecule has 1 N–H and O–H groups in total. The molecule has 5 nitrogen and oxygen atoms in total. The molecule has 1 aromatic rings. The highest BCUT2D eigenvalue weighted by Gasteiger charge is 2.23. The van der Waals surface area contributed by atoms with E-state index in [1.807, 2.05) is 18.8 Å². The zero-order valence-electron chi connectivity index (χ0n) is 12.3. The quantitative estimate of drug-likeness (QED) is 0.858. The second-order valence-electron chi connectivity index (χ2n) is 5.64. The van der Waals surface area contributed by atoms with Crippen molar-refractivity contribution in [3.05, 3.63) is 16.4 Å². The summed E-state index contributed by atoms with van der Waals surface area (Å²) in [6, 6.07) is 0. The van der Waals surface area contributed by atoms with Crippen molar-refractivity contribution < 1.29 is 9.84 Å². The zero-order chi connectivity index (χ0) is 14.5. The maximum Gasteiger partial charge on any atom is 0.0992 e. The summed E-state index contributed by atoms with van der Waals surface area (Å²) in [4.78, 5) is 2.11. The Labute approximate surface area is 129 Å². The van der Waals surface area contributed by atoms with E-state index >= 15 is 0 Å². The maximum atomic E-state index is 10.5. The Balaban J connectivity index is 2.00. The molecule has 6 heteroatoms. The summed E-state index contributed by atoms with van der Waals surface area (Å²) in [7, 11) is 4.06. The number of aliphatic hydroxyl groups excluding tert-OH is 1. The fourth-order valence-electron chi connectivity index (χ4n) is 2.53. The number of aromatic nitrogens is 2. The smallest absolute Gasteiger partial charge is 0.0992 e. The van der Waals surface area contributed by atoms with Crippen LogP contribution in [-0.2, 0) is 11.3 Å². The fourth-order valence-corrected chi connectivity index (χ4v) is 3.09. The number of aliphatic hydroxyl groups is 1. The zero-order valence-corrected chi connectivity index (χ0v) is 13.8. The monoisotopic (exact) mass is 345 g/mol. The average Bonchev–Trinajstić information content (AvgIpc) is 2.78. The number of hydrogen-bond donors (Lipinski definition) is 1. The van der Waals surface area contributed by atoms with Gasteiger partial charge in [0, 0.05) is 19.6 Å². The SMILES string of the molecule is CN(C)CCn1ncc(Br)c1C(O)CC1CCCCO1. The van der Waals surface area contributed by atoms with Crippen molar-refractivity contribution in [1.82, 2.24) is 14.7 Å². The summed E-state index contributed by atoms with van der Waals surface area (Å²) in [5.41, 5.74) is 0.862. The highest BCUT2D eigenvalue weighted by atomic mass is 79.9. The third-order valence-electron chi connectivity index (χ3n) is 3.67. The van der Waals surface area contributed by atoms with Crippen molar-refractivity contribution in [3.8, 4) is 0 Å². The molecule has 1 fully saturated rings. The van der Waals surface area contributed by atoms with Gasteiger partial charge >= 0.3 is 0 Å². The molecule has 2 unspecified atom stereocenters. The van der Waals surface area contributed by atoms with Crippen LogP contribution in [0.1, 0.15) is 37.5 Å². The lowest BCUT2D eigenvalue weighted by Crippen LogP contribution is -2.24. The Bertz CT molecular complexity index is 417. The molecular weight excluding hydrogens is 322 g/mol. The number of likely N-dealkylation sites (N-methyl/N-ethyl adjacent to an activating group) is 1. The summed E-state index contributed by atoms with van der Waals surface area (Å²) >= 11 is 3.49. The van der Waals surface area contributed by atoms with E-state index in [0.717, 1.165) is 42.7 Å². The first-order valence-electron chi connectivity index (χ1n) is 7.23. The van der Waals surface area contributed by atoms with Gasteiger partial charge in [0.15, 0.2) is 0 Å². The molecule has 2 atom stereocenters. The Morgan fingerprint density at radius 3 is 3.00 bits per heavy atom. The van der Waals surface area contributed by atoms with Crippen molar-refractivity contribution in [3.63, 3.8) is 0 Å². The lowest BCUT2D eigenvalue weighted by atomic mass is 10.0. The first kappa shape index (κ1) is 15.9. The summed E-state index contributed by atoms with van der Waals surface area (Å²) in [6.45, 7) is 2.49. The van der Waals surface area contributed by atoms with Crippen molar-refractivity contribution >= 4 is 15.9 Å². The molecule has 1 saturated heterocycles. The molecule has 1 aliphatic rings. The van der Waals surface area contributed by atoms with Gasteiger partial charge in [0.25, 0.3) is 0 Å². The maximum absolute atomic E-state index is 10.5. The summed E-state index contributed by atoms with van der Waals surface area (Å²) in [6.07, 6.45) is 5.41. The van der Waals surface area contributed by atoms with Gasteiger partial charge in [-0.05, 0) is 49.3 Å². The van der Waals surface area contributed by atoms with Crippen LogP contribution in [0.25, 0.3) is 0 Å². The first-order chi connectivity index (χ1) is 9.58. The van der Waals surface area contributed by atoms with E-state index in [9.17, 15) is 5.11 Å². The number of halogens is 1. The van der Waals surface area contributed by atoms with Gasteiger partial charge in [0.2, 0.25) is 0 Å². The Morgan fingerprint density at radius 1 is 1.55 bits per heavy atom. The summed E-state index contributed by atoms with van der Waals surface area (Å²) in [5, 5.41) is 14.8. The molecule has 0 spiro atoms. The summed E-state index contributed by atoms with van der Waals surface area (Å²) < 4.78 is 8.47. The van der Waals surface area contributed by atoms with Crippen LogP contribution in [0.3, 0.4) is 0 Å². The van der Waals surface area contributed by atoms with Gasteiger partial charge in [-0.15, -0.1) is 0 Å². The number of hydrogen-bond acceptors (Lipinski definition) is 4. The predicted octanol–water partition coefficient (Wildman–Crippen LogP) is 2.20. The van der Waals surface area contributed by atoms with Crippen molar-refractivity contribution in [2.24, 2.45) is 0 Å². The molecule has 0 bridgehead atoms. The number of rotatable bonds is 6. The van der Waals surface area contributed by atoms with Crippen LogP contribution in [0, 0.1) is 0 Å². The van der Waals surface area contributed by atoms with Crippen molar-refractivity contribution in [1.29, 1.82) is 0 Å². The normalized spacial score (nSPS) is 21.4. The fraction of sp³-hybridized carbons (Fsp3) is 0.786. The van der Waals surface area contributed by atoms with Crippen LogP contribution in [0.15, 0.2) is 10.7 Å². The largest absolute Gasteiger partial charge is 0.387 e. The lowest BCUT2D eigenvalue weighted by Gasteiger charge is -2.25. The predicted molar refractivity (Wildman–Crippen MR) is 81.6 cm³/mol. The third kappa shape index (κ3) is 4.28. The minimum Gasteiger partial charge on any atom is -0.387 e. The van der Waals surface area contributed by atoms with E-state index in [-0.39, 0.29) is 6.10 Å². The van der Waals surface area contributed by atoms with Gasteiger partial charge in [-0.2, -0.15) is 5.10 Å². The van der Waals surface area contributed by atoms with Gasteiger partial charge < -0.3 is 14.7 Å².